The molecule has 0 saturated heterocycles. The molecule has 0 heterocycles. The van der Waals surface area contributed by atoms with Crippen molar-refractivity contribution in [2.45, 2.75) is 26.8 Å². The predicted molar refractivity (Wildman–Crippen MR) is 69.9 cm³/mol. The number of amides is 1. The van der Waals surface area contributed by atoms with Crippen molar-refractivity contribution in [3.63, 3.8) is 0 Å². The number of halogens is 1. The smallest absolute Gasteiger partial charge is 0.282 e. The second-order valence-corrected chi connectivity index (χ2v) is 4.86. The van der Waals surface area contributed by atoms with Crippen molar-refractivity contribution < 1.29 is 9.72 Å². The first-order valence-corrected chi connectivity index (χ1v) is 5.95. The second-order valence-electron chi connectivity index (χ2n) is 4.42. The van der Waals surface area contributed by atoms with Gasteiger partial charge in [0.2, 0.25) is 0 Å². The molecule has 0 spiro atoms. The molecule has 1 amide bonds. The number of nitrogens with zero attached hydrogens (tertiary/aromatic N) is 1. The zero-order chi connectivity index (χ0) is 13.9. The Hall–Kier alpha value is -1.62. The van der Waals surface area contributed by atoms with Crippen LogP contribution >= 0.6 is 11.6 Å². The van der Waals surface area contributed by atoms with Crippen LogP contribution in [0.4, 0.5) is 5.69 Å². The maximum atomic E-state index is 12.0. The molecule has 1 aromatic rings. The van der Waals surface area contributed by atoms with E-state index in [1.54, 1.807) is 0 Å². The molecule has 1 N–H and O–H groups in total. The molecule has 0 aromatic heterocycles. The molecular weight excluding hydrogens is 256 g/mol. The predicted octanol–water partition coefficient (Wildman–Crippen LogP) is 3.02. The maximum absolute atomic E-state index is 12.0. The van der Waals surface area contributed by atoms with Crippen LogP contribution in [0.25, 0.3) is 0 Å². The van der Waals surface area contributed by atoms with Gasteiger partial charge in [-0.2, -0.15) is 0 Å². The highest BCUT2D eigenvalue weighted by Gasteiger charge is 2.22. The van der Waals surface area contributed by atoms with Gasteiger partial charge in [0.25, 0.3) is 11.6 Å². The van der Waals surface area contributed by atoms with Gasteiger partial charge in [-0.1, -0.05) is 25.4 Å². The first-order valence-electron chi connectivity index (χ1n) is 5.57. The molecule has 0 aliphatic rings. The molecule has 98 valence electrons. The first kappa shape index (κ1) is 14.4. The quantitative estimate of drug-likeness (QED) is 0.675. The minimum Gasteiger partial charge on any atom is -0.349 e. The molecule has 0 bridgehead atoms. The minimum atomic E-state index is -0.592. The van der Waals surface area contributed by atoms with E-state index in [2.05, 4.69) is 5.32 Å². The van der Waals surface area contributed by atoms with Gasteiger partial charge in [0, 0.05) is 17.1 Å². The summed E-state index contributed by atoms with van der Waals surface area (Å²) < 4.78 is 0. The van der Waals surface area contributed by atoms with Gasteiger partial charge in [-0.05, 0) is 25.0 Å². The summed E-state index contributed by atoms with van der Waals surface area (Å²) >= 11 is 5.76. The molecule has 18 heavy (non-hydrogen) atoms. The number of hydrogen-bond donors (Lipinski definition) is 1. The van der Waals surface area contributed by atoms with Crippen LogP contribution in [0.3, 0.4) is 0 Å². The monoisotopic (exact) mass is 270 g/mol. The fourth-order valence-corrected chi connectivity index (χ4v) is 1.47. The Morgan fingerprint density at radius 3 is 2.50 bits per heavy atom. The summed E-state index contributed by atoms with van der Waals surface area (Å²) in [6, 6.07) is 3.86. The lowest BCUT2D eigenvalue weighted by atomic mass is 10.1. The molecule has 5 nitrogen and oxygen atoms in total. The van der Waals surface area contributed by atoms with Crippen molar-refractivity contribution in [1.82, 2.24) is 5.32 Å². The molecule has 1 unspecified atom stereocenters. The highest BCUT2D eigenvalue weighted by molar-refractivity contribution is 6.31. The molecule has 0 saturated carbocycles. The van der Waals surface area contributed by atoms with E-state index < -0.39 is 10.8 Å². The fourth-order valence-electron chi connectivity index (χ4n) is 1.30. The third-order valence-electron chi connectivity index (χ3n) is 2.76. The molecule has 0 aliphatic heterocycles. The zero-order valence-electron chi connectivity index (χ0n) is 10.4. The SMILES string of the molecule is CC(C)C(C)NC(=O)c1cc(Cl)ccc1[N+](=O)[O-]. The van der Waals surface area contributed by atoms with Crippen LogP contribution in [-0.4, -0.2) is 16.9 Å². The Morgan fingerprint density at radius 1 is 1.39 bits per heavy atom. The van der Waals surface area contributed by atoms with Crippen LogP contribution in [0.2, 0.25) is 5.02 Å². The van der Waals surface area contributed by atoms with Gasteiger partial charge in [-0.25, -0.2) is 0 Å². The number of rotatable bonds is 4. The second kappa shape index (κ2) is 5.82. The lowest BCUT2D eigenvalue weighted by Crippen LogP contribution is -2.36. The van der Waals surface area contributed by atoms with Crippen LogP contribution in [0.5, 0.6) is 0 Å². The summed E-state index contributed by atoms with van der Waals surface area (Å²) in [7, 11) is 0. The third-order valence-corrected chi connectivity index (χ3v) is 2.99. The number of nitro groups is 1. The Balaban J connectivity index is 3.04. The van der Waals surface area contributed by atoms with E-state index in [4.69, 9.17) is 11.6 Å². The Kier molecular flexibility index (Phi) is 4.67. The molecule has 0 fully saturated rings. The van der Waals surface area contributed by atoms with Crippen LogP contribution in [-0.2, 0) is 0 Å². The van der Waals surface area contributed by atoms with E-state index in [9.17, 15) is 14.9 Å². The van der Waals surface area contributed by atoms with E-state index >= 15 is 0 Å². The average molecular weight is 271 g/mol. The van der Waals surface area contributed by atoms with Crippen molar-refractivity contribution in [1.29, 1.82) is 0 Å². The van der Waals surface area contributed by atoms with Crippen LogP contribution in [0.15, 0.2) is 18.2 Å². The number of hydrogen-bond acceptors (Lipinski definition) is 3. The van der Waals surface area contributed by atoms with Crippen molar-refractivity contribution in [3.05, 3.63) is 38.9 Å². The lowest BCUT2D eigenvalue weighted by Gasteiger charge is -2.17. The third kappa shape index (κ3) is 3.43. The first-order chi connectivity index (χ1) is 8.32. The summed E-state index contributed by atoms with van der Waals surface area (Å²) in [6.45, 7) is 5.76. The Morgan fingerprint density at radius 2 is 2.00 bits per heavy atom. The van der Waals surface area contributed by atoms with Gasteiger partial charge < -0.3 is 5.32 Å². The molecular formula is C12H15ClN2O3. The molecule has 6 heteroatoms. The maximum Gasteiger partial charge on any atom is 0.282 e. The normalized spacial score (nSPS) is 12.3. The van der Waals surface area contributed by atoms with Gasteiger partial charge in [0.1, 0.15) is 5.56 Å². The van der Waals surface area contributed by atoms with E-state index in [-0.39, 0.29) is 23.2 Å². The number of nitrogens with one attached hydrogen (secondary N) is 1. The summed E-state index contributed by atoms with van der Waals surface area (Å²) in [5.41, 5.74) is -0.257. The van der Waals surface area contributed by atoms with Crippen molar-refractivity contribution in [3.8, 4) is 0 Å². The number of nitro benzene ring substituents is 1. The van der Waals surface area contributed by atoms with Gasteiger partial charge >= 0.3 is 0 Å². The highest BCUT2D eigenvalue weighted by Crippen LogP contribution is 2.22. The van der Waals surface area contributed by atoms with Gasteiger partial charge in [0.05, 0.1) is 4.92 Å². The average Bonchev–Trinajstić information content (AvgIpc) is 2.28. The van der Waals surface area contributed by atoms with Crippen molar-refractivity contribution >= 4 is 23.2 Å². The van der Waals surface area contributed by atoms with E-state index in [1.165, 1.54) is 18.2 Å². The molecule has 0 radical (unpaired) electrons. The number of benzene rings is 1. The summed E-state index contributed by atoms with van der Waals surface area (Å²) in [6.07, 6.45) is 0. The molecule has 1 atom stereocenters. The fraction of sp³-hybridized carbons (Fsp3) is 0.417. The zero-order valence-corrected chi connectivity index (χ0v) is 11.2. The minimum absolute atomic E-state index is 0.0139. The van der Waals surface area contributed by atoms with Crippen LogP contribution in [0, 0.1) is 16.0 Å². The Bertz CT molecular complexity index is 474. The summed E-state index contributed by atoms with van der Waals surface area (Å²) in [5, 5.41) is 13.9. The summed E-state index contributed by atoms with van der Waals surface area (Å²) in [5.74, 6) is -0.238. The van der Waals surface area contributed by atoms with E-state index in [1.807, 2.05) is 20.8 Å². The van der Waals surface area contributed by atoms with Crippen molar-refractivity contribution in [2.24, 2.45) is 5.92 Å². The van der Waals surface area contributed by atoms with Gasteiger partial charge in [-0.3, -0.25) is 14.9 Å². The lowest BCUT2D eigenvalue weighted by molar-refractivity contribution is -0.385. The van der Waals surface area contributed by atoms with E-state index in [0.717, 1.165) is 0 Å². The number of carbonyl (C=O) groups is 1. The van der Waals surface area contributed by atoms with Crippen molar-refractivity contribution in [2.75, 3.05) is 0 Å². The summed E-state index contributed by atoms with van der Waals surface area (Å²) in [4.78, 5) is 22.2. The van der Waals surface area contributed by atoms with Gasteiger partial charge in [-0.15, -0.1) is 0 Å². The standard InChI is InChI=1S/C12H15ClN2O3/c1-7(2)8(3)14-12(16)10-6-9(13)4-5-11(10)15(17)18/h4-8H,1-3H3,(H,14,16). The topological polar surface area (TPSA) is 72.2 Å². The van der Waals surface area contributed by atoms with Crippen LogP contribution in [0.1, 0.15) is 31.1 Å². The molecule has 0 aliphatic carbocycles. The largest absolute Gasteiger partial charge is 0.349 e. The molecule has 1 aromatic carbocycles. The Labute approximate surface area is 110 Å². The van der Waals surface area contributed by atoms with Crippen LogP contribution < -0.4 is 5.32 Å². The molecule has 1 rings (SSSR count). The highest BCUT2D eigenvalue weighted by atomic mass is 35.5. The number of carbonyl (C=O) groups excluding carboxylic acids is 1. The van der Waals surface area contributed by atoms with E-state index in [0.29, 0.717) is 5.02 Å². The van der Waals surface area contributed by atoms with Gasteiger partial charge in [0.15, 0.2) is 0 Å².